The Hall–Kier alpha value is -1.00. The Kier molecular flexibility index (Phi) is 4.17. The van der Waals surface area contributed by atoms with Crippen LogP contribution in [0.3, 0.4) is 0 Å². The number of halogens is 2. The van der Waals surface area contributed by atoms with E-state index < -0.39 is 17.7 Å². The van der Waals surface area contributed by atoms with Crippen LogP contribution in [0.4, 0.5) is 8.78 Å². The van der Waals surface area contributed by atoms with Gasteiger partial charge in [-0.1, -0.05) is 6.07 Å². The van der Waals surface area contributed by atoms with Crippen molar-refractivity contribution < 1.29 is 8.78 Å². The molecule has 1 aromatic rings. The second kappa shape index (κ2) is 5.19. The Labute approximate surface area is 88.3 Å². The van der Waals surface area contributed by atoms with Gasteiger partial charge in [-0.15, -0.1) is 0 Å². The van der Waals surface area contributed by atoms with E-state index in [-0.39, 0.29) is 5.56 Å². The zero-order chi connectivity index (χ0) is 11.4. The fourth-order valence-corrected chi connectivity index (χ4v) is 1.50. The lowest BCUT2D eigenvalue weighted by Gasteiger charge is -2.14. The van der Waals surface area contributed by atoms with Crippen molar-refractivity contribution in [2.75, 3.05) is 6.54 Å². The van der Waals surface area contributed by atoms with Crippen molar-refractivity contribution in [3.05, 3.63) is 34.9 Å². The SMILES string of the molecule is Cc1ccc(F)c([C@H](N)CCCN)c1F. The van der Waals surface area contributed by atoms with E-state index in [1.54, 1.807) is 6.92 Å². The smallest absolute Gasteiger partial charge is 0.133 e. The van der Waals surface area contributed by atoms with Crippen LogP contribution in [0.2, 0.25) is 0 Å². The summed E-state index contributed by atoms with van der Waals surface area (Å²) in [6.07, 6.45) is 1.15. The maximum Gasteiger partial charge on any atom is 0.133 e. The number of rotatable bonds is 4. The number of nitrogens with two attached hydrogens (primary N) is 2. The van der Waals surface area contributed by atoms with Crippen LogP contribution in [-0.2, 0) is 0 Å². The third kappa shape index (κ3) is 2.73. The monoisotopic (exact) mass is 214 g/mol. The highest BCUT2D eigenvalue weighted by atomic mass is 19.1. The Morgan fingerprint density at radius 3 is 2.60 bits per heavy atom. The van der Waals surface area contributed by atoms with E-state index in [9.17, 15) is 8.78 Å². The molecule has 0 unspecified atom stereocenters. The Bertz CT molecular complexity index is 340. The van der Waals surface area contributed by atoms with Gasteiger partial charge in [0.15, 0.2) is 0 Å². The van der Waals surface area contributed by atoms with E-state index in [1.807, 2.05) is 0 Å². The van der Waals surface area contributed by atoms with Crippen LogP contribution in [-0.4, -0.2) is 6.54 Å². The molecule has 0 aliphatic heterocycles. The first-order valence-electron chi connectivity index (χ1n) is 4.98. The second-order valence-electron chi connectivity index (χ2n) is 3.63. The number of benzene rings is 1. The van der Waals surface area contributed by atoms with E-state index in [0.29, 0.717) is 24.9 Å². The third-order valence-corrected chi connectivity index (χ3v) is 2.41. The molecule has 0 radical (unpaired) electrons. The normalized spacial score (nSPS) is 12.9. The molecule has 4 N–H and O–H groups in total. The van der Waals surface area contributed by atoms with E-state index in [1.165, 1.54) is 12.1 Å². The molecule has 0 spiro atoms. The van der Waals surface area contributed by atoms with Gasteiger partial charge in [0, 0.05) is 11.6 Å². The fraction of sp³-hybridized carbons (Fsp3) is 0.455. The molecule has 0 saturated heterocycles. The lowest BCUT2D eigenvalue weighted by Crippen LogP contribution is -2.16. The van der Waals surface area contributed by atoms with Crippen molar-refractivity contribution >= 4 is 0 Å². The van der Waals surface area contributed by atoms with Gasteiger partial charge in [0.2, 0.25) is 0 Å². The Morgan fingerprint density at radius 2 is 2.00 bits per heavy atom. The fourth-order valence-electron chi connectivity index (χ4n) is 1.50. The summed E-state index contributed by atoms with van der Waals surface area (Å²) >= 11 is 0. The van der Waals surface area contributed by atoms with Crippen LogP contribution < -0.4 is 11.5 Å². The molecule has 0 bridgehead atoms. The van der Waals surface area contributed by atoms with Gasteiger partial charge in [0.1, 0.15) is 11.6 Å². The van der Waals surface area contributed by atoms with Gasteiger partial charge < -0.3 is 11.5 Å². The zero-order valence-corrected chi connectivity index (χ0v) is 8.76. The van der Waals surface area contributed by atoms with E-state index in [4.69, 9.17) is 11.5 Å². The highest BCUT2D eigenvalue weighted by Crippen LogP contribution is 2.24. The lowest BCUT2D eigenvalue weighted by molar-refractivity contribution is 0.502. The van der Waals surface area contributed by atoms with Crippen molar-refractivity contribution in [3.8, 4) is 0 Å². The molecule has 0 aliphatic rings. The van der Waals surface area contributed by atoms with Crippen molar-refractivity contribution in [3.63, 3.8) is 0 Å². The summed E-state index contributed by atoms with van der Waals surface area (Å²) in [6, 6.07) is 2.04. The molecule has 15 heavy (non-hydrogen) atoms. The summed E-state index contributed by atoms with van der Waals surface area (Å²) in [5.41, 5.74) is 11.4. The molecular weight excluding hydrogens is 198 g/mol. The minimum atomic E-state index is -0.617. The summed E-state index contributed by atoms with van der Waals surface area (Å²) in [5, 5.41) is 0. The summed E-state index contributed by atoms with van der Waals surface area (Å²) in [6.45, 7) is 2.07. The molecule has 0 fully saturated rings. The first-order chi connectivity index (χ1) is 7.07. The molecule has 0 saturated carbocycles. The third-order valence-electron chi connectivity index (χ3n) is 2.41. The molecule has 0 heterocycles. The van der Waals surface area contributed by atoms with Gasteiger partial charge in [0.05, 0.1) is 0 Å². The first kappa shape index (κ1) is 12.1. The molecule has 1 rings (SSSR count). The molecule has 0 amide bonds. The quantitative estimate of drug-likeness (QED) is 0.805. The number of hydrogen-bond donors (Lipinski definition) is 2. The molecule has 2 nitrogen and oxygen atoms in total. The number of hydrogen-bond acceptors (Lipinski definition) is 2. The van der Waals surface area contributed by atoms with Crippen molar-refractivity contribution in [2.24, 2.45) is 11.5 Å². The largest absolute Gasteiger partial charge is 0.330 e. The molecule has 84 valence electrons. The molecule has 4 heteroatoms. The molecule has 0 aromatic heterocycles. The van der Waals surface area contributed by atoms with Crippen LogP contribution in [0, 0.1) is 18.6 Å². The topological polar surface area (TPSA) is 52.0 Å². The van der Waals surface area contributed by atoms with Gasteiger partial charge >= 0.3 is 0 Å². The summed E-state index contributed by atoms with van der Waals surface area (Å²) < 4.78 is 26.9. The van der Waals surface area contributed by atoms with Crippen LogP contribution in [0.15, 0.2) is 12.1 Å². The van der Waals surface area contributed by atoms with Crippen LogP contribution in [0.5, 0.6) is 0 Å². The minimum Gasteiger partial charge on any atom is -0.330 e. The molecular formula is C11H16F2N2. The van der Waals surface area contributed by atoms with Crippen molar-refractivity contribution in [1.29, 1.82) is 0 Å². The molecule has 1 aromatic carbocycles. The van der Waals surface area contributed by atoms with Gasteiger partial charge in [0.25, 0.3) is 0 Å². The zero-order valence-electron chi connectivity index (χ0n) is 8.76. The summed E-state index contributed by atoms with van der Waals surface area (Å²) in [4.78, 5) is 0. The minimum absolute atomic E-state index is 0.0246. The van der Waals surface area contributed by atoms with Crippen LogP contribution in [0.1, 0.15) is 30.0 Å². The van der Waals surface area contributed by atoms with Gasteiger partial charge in [-0.05, 0) is 37.9 Å². The summed E-state index contributed by atoms with van der Waals surface area (Å²) in [5.74, 6) is -1.12. The lowest BCUT2D eigenvalue weighted by atomic mass is 9.99. The standard InChI is InChI=1S/C11H16F2N2/c1-7-4-5-8(12)10(11(7)13)9(15)3-2-6-14/h4-5,9H,2-3,6,14-15H2,1H3/t9-/m1/s1. The van der Waals surface area contributed by atoms with Gasteiger partial charge in [-0.25, -0.2) is 8.78 Å². The van der Waals surface area contributed by atoms with Crippen LogP contribution >= 0.6 is 0 Å². The Balaban J connectivity index is 2.96. The predicted octanol–water partition coefficient (Wildman–Crippen LogP) is 2.01. The van der Waals surface area contributed by atoms with E-state index >= 15 is 0 Å². The molecule has 1 atom stereocenters. The first-order valence-corrected chi connectivity index (χ1v) is 4.98. The maximum atomic E-state index is 13.6. The predicted molar refractivity (Wildman–Crippen MR) is 56.3 cm³/mol. The highest BCUT2D eigenvalue weighted by Gasteiger charge is 2.17. The van der Waals surface area contributed by atoms with Crippen LogP contribution in [0.25, 0.3) is 0 Å². The van der Waals surface area contributed by atoms with E-state index in [0.717, 1.165) is 0 Å². The highest BCUT2D eigenvalue weighted by molar-refractivity contribution is 5.28. The molecule has 0 aliphatic carbocycles. The Morgan fingerprint density at radius 1 is 1.33 bits per heavy atom. The van der Waals surface area contributed by atoms with Crippen molar-refractivity contribution in [1.82, 2.24) is 0 Å². The second-order valence-corrected chi connectivity index (χ2v) is 3.63. The average molecular weight is 214 g/mol. The summed E-state index contributed by atoms with van der Waals surface area (Å²) in [7, 11) is 0. The van der Waals surface area contributed by atoms with Crippen molar-refractivity contribution in [2.45, 2.75) is 25.8 Å². The van der Waals surface area contributed by atoms with Gasteiger partial charge in [-0.3, -0.25) is 0 Å². The average Bonchev–Trinajstić information content (AvgIpc) is 2.21. The maximum absolute atomic E-state index is 13.6. The van der Waals surface area contributed by atoms with Gasteiger partial charge in [-0.2, -0.15) is 0 Å². The van der Waals surface area contributed by atoms with E-state index in [2.05, 4.69) is 0 Å². The number of aryl methyl sites for hydroxylation is 1.